The maximum absolute atomic E-state index is 12.0. The smallest absolute Gasteiger partial charge is 0.328 e. The van der Waals surface area contributed by atoms with E-state index < -0.39 is 23.8 Å². The van der Waals surface area contributed by atoms with Gasteiger partial charge in [0.15, 0.2) is 0 Å². The van der Waals surface area contributed by atoms with Gasteiger partial charge in [0.05, 0.1) is 18.6 Å². The number of likely N-dealkylation sites (tertiary alicyclic amines) is 1. The van der Waals surface area contributed by atoms with Gasteiger partial charge in [-0.2, -0.15) is 0 Å². The van der Waals surface area contributed by atoms with Crippen LogP contribution >= 0.6 is 12.2 Å². The molecule has 0 spiro atoms. The molecule has 0 aromatic rings. The van der Waals surface area contributed by atoms with E-state index in [0.29, 0.717) is 13.0 Å². The van der Waals surface area contributed by atoms with Crippen molar-refractivity contribution in [3.05, 3.63) is 0 Å². The predicted octanol–water partition coefficient (Wildman–Crippen LogP) is -1.06. The Kier molecular flexibility index (Phi) is 5.68. The van der Waals surface area contributed by atoms with Crippen molar-refractivity contribution in [2.75, 3.05) is 20.2 Å². The minimum Gasteiger partial charge on any atom is -0.467 e. The van der Waals surface area contributed by atoms with E-state index in [1.807, 2.05) is 0 Å². The lowest BCUT2D eigenvalue weighted by molar-refractivity contribution is -0.157. The lowest BCUT2D eigenvalue weighted by Gasteiger charge is -2.33. The Morgan fingerprint density at radius 3 is 2.68 bits per heavy atom. The number of thiocarbonyl (C=S) groups is 1. The van der Waals surface area contributed by atoms with Crippen LogP contribution in [0.3, 0.4) is 0 Å². The average molecular weight is 287 g/mol. The standard InChI is InChI=1S/C11H17N3O4S/c1-18-11(17)7-4-2-3-5-14(7)10(16)9(15)13-6-8(12)19/h7H,2-6H2,1H3,(H2,12,19)(H,13,15). The highest BCUT2D eigenvalue weighted by molar-refractivity contribution is 7.80. The van der Waals surface area contributed by atoms with Gasteiger partial charge < -0.3 is 20.7 Å². The fraction of sp³-hybridized carbons (Fsp3) is 0.636. The Hall–Kier alpha value is -1.70. The molecule has 2 amide bonds. The van der Waals surface area contributed by atoms with Gasteiger partial charge in [0.2, 0.25) is 0 Å². The van der Waals surface area contributed by atoms with E-state index in [-0.39, 0.29) is 11.5 Å². The van der Waals surface area contributed by atoms with Gasteiger partial charge in [-0.05, 0) is 19.3 Å². The van der Waals surface area contributed by atoms with Crippen molar-refractivity contribution in [1.82, 2.24) is 10.2 Å². The highest BCUT2D eigenvalue weighted by atomic mass is 32.1. The molecule has 1 rings (SSSR count). The number of rotatable bonds is 3. The molecule has 19 heavy (non-hydrogen) atoms. The fourth-order valence-corrected chi connectivity index (χ4v) is 2.00. The number of methoxy groups -OCH3 is 1. The third-order valence-electron chi connectivity index (χ3n) is 2.85. The molecule has 0 aliphatic carbocycles. The highest BCUT2D eigenvalue weighted by Crippen LogP contribution is 2.18. The summed E-state index contributed by atoms with van der Waals surface area (Å²) in [6, 6.07) is -0.693. The normalized spacial score (nSPS) is 18.6. The summed E-state index contributed by atoms with van der Waals surface area (Å²) in [5.41, 5.74) is 5.23. The molecule has 0 aromatic carbocycles. The van der Waals surface area contributed by atoms with Gasteiger partial charge in [-0.25, -0.2) is 4.79 Å². The number of ether oxygens (including phenoxy) is 1. The second-order valence-corrected chi connectivity index (χ2v) is 4.71. The Morgan fingerprint density at radius 1 is 1.42 bits per heavy atom. The van der Waals surface area contributed by atoms with Gasteiger partial charge in [0.1, 0.15) is 6.04 Å². The van der Waals surface area contributed by atoms with Gasteiger partial charge in [0.25, 0.3) is 0 Å². The van der Waals surface area contributed by atoms with Crippen LogP contribution in [0.25, 0.3) is 0 Å². The monoisotopic (exact) mass is 287 g/mol. The van der Waals surface area contributed by atoms with E-state index in [1.54, 1.807) is 0 Å². The number of carbonyl (C=O) groups excluding carboxylic acids is 3. The van der Waals surface area contributed by atoms with Crippen LogP contribution in [0.1, 0.15) is 19.3 Å². The van der Waals surface area contributed by atoms with Crippen molar-refractivity contribution in [1.29, 1.82) is 0 Å². The fourth-order valence-electron chi connectivity index (χ4n) is 1.93. The molecule has 1 heterocycles. The Morgan fingerprint density at radius 2 is 2.11 bits per heavy atom. The molecule has 106 valence electrons. The summed E-state index contributed by atoms with van der Waals surface area (Å²) < 4.78 is 4.64. The number of piperidine rings is 1. The van der Waals surface area contributed by atoms with Crippen molar-refractivity contribution >= 4 is 35.0 Å². The molecule has 0 saturated carbocycles. The number of esters is 1. The topological polar surface area (TPSA) is 102 Å². The molecule has 1 fully saturated rings. The van der Waals surface area contributed by atoms with Gasteiger partial charge in [-0.1, -0.05) is 12.2 Å². The number of nitrogens with zero attached hydrogens (tertiary/aromatic N) is 1. The summed E-state index contributed by atoms with van der Waals surface area (Å²) in [4.78, 5) is 36.5. The lowest BCUT2D eigenvalue weighted by Crippen LogP contribution is -2.53. The maximum Gasteiger partial charge on any atom is 0.328 e. The Balaban J connectivity index is 2.68. The SMILES string of the molecule is COC(=O)C1CCCCN1C(=O)C(=O)NCC(N)=S. The molecule has 1 unspecified atom stereocenters. The summed E-state index contributed by atoms with van der Waals surface area (Å²) in [5.74, 6) is -2.08. The molecule has 3 N–H and O–H groups in total. The van der Waals surface area contributed by atoms with Crippen molar-refractivity contribution in [2.24, 2.45) is 5.73 Å². The molecule has 8 heteroatoms. The van der Waals surface area contributed by atoms with Crippen LogP contribution in [0.15, 0.2) is 0 Å². The summed E-state index contributed by atoms with van der Waals surface area (Å²) >= 11 is 4.60. The molecule has 1 aliphatic rings. The first-order valence-corrected chi connectivity index (χ1v) is 6.33. The molecule has 0 bridgehead atoms. The molecule has 7 nitrogen and oxygen atoms in total. The predicted molar refractivity (Wildman–Crippen MR) is 71.2 cm³/mol. The first-order chi connectivity index (χ1) is 8.97. The quantitative estimate of drug-likeness (QED) is 0.390. The van der Waals surface area contributed by atoms with Gasteiger partial charge in [-0.3, -0.25) is 9.59 Å². The first kappa shape index (κ1) is 15.4. The third-order valence-corrected chi connectivity index (χ3v) is 3.00. The van der Waals surface area contributed by atoms with E-state index in [9.17, 15) is 14.4 Å². The van der Waals surface area contributed by atoms with E-state index in [2.05, 4.69) is 22.3 Å². The zero-order valence-electron chi connectivity index (χ0n) is 10.7. The largest absolute Gasteiger partial charge is 0.467 e. The number of hydrogen-bond donors (Lipinski definition) is 2. The molecule has 1 atom stereocenters. The number of hydrogen-bond acceptors (Lipinski definition) is 5. The van der Waals surface area contributed by atoms with E-state index in [4.69, 9.17) is 5.73 Å². The lowest BCUT2D eigenvalue weighted by atomic mass is 10.0. The maximum atomic E-state index is 12.0. The van der Waals surface area contributed by atoms with E-state index in [0.717, 1.165) is 12.8 Å². The van der Waals surface area contributed by atoms with Crippen LogP contribution in [0.4, 0.5) is 0 Å². The van der Waals surface area contributed by atoms with Crippen LogP contribution in [0.5, 0.6) is 0 Å². The Bertz CT molecular complexity index is 399. The summed E-state index contributed by atoms with van der Waals surface area (Å²) in [6.07, 6.45) is 2.07. The molecule has 1 saturated heterocycles. The van der Waals surface area contributed by atoms with Crippen LogP contribution < -0.4 is 11.1 Å². The zero-order valence-corrected chi connectivity index (χ0v) is 11.5. The minimum absolute atomic E-state index is 0.0450. The summed E-state index contributed by atoms with van der Waals surface area (Å²) in [5, 5.41) is 2.31. The molecular weight excluding hydrogens is 270 g/mol. The first-order valence-electron chi connectivity index (χ1n) is 5.92. The second-order valence-electron chi connectivity index (χ2n) is 4.18. The summed E-state index contributed by atoms with van der Waals surface area (Å²) in [6.45, 7) is 0.315. The number of nitrogens with two attached hydrogens (primary N) is 1. The minimum atomic E-state index is -0.816. The number of nitrogens with one attached hydrogen (secondary N) is 1. The van der Waals surface area contributed by atoms with E-state index >= 15 is 0 Å². The van der Waals surface area contributed by atoms with Gasteiger partial charge >= 0.3 is 17.8 Å². The van der Waals surface area contributed by atoms with Crippen LogP contribution in [-0.4, -0.2) is 53.9 Å². The van der Waals surface area contributed by atoms with Crippen molar-refractivity contribution < 1.29 is 19.1 Å². The zero-order chi connectivity index (χ0) is 14.4. The van der Waals surface area contributed by atoms with Gasteiger partial charge in [-0.15, -0.1) is 0 Å². The number of carbonyl (C=O) groups is 3. The molecule has 0 radical (unpaired) electrons. The molecular formula is C11H17N3O4S. The molecule has 0 aromatic heterocycles. The van der Waals surface area contributed by atoms with Crippen molar-refractivity contribution in [3.63, 3.8) is 0 Å². The molecule has 1 aliphatic heterocycles. The van der Waals surface area contributed by atoms with Crippen molar-refractivity contribution in [3.8, 4) is 0 Å². The van der Waals surface area contributed by atoms with Crippen molar-refractivity contribution in [2.45, 2.75) is 25.3 Å². The third kappa shape index (κ3) is 4.16. The van der Waals surface area contributed by atoms with E-state index in [1.165, 1.54) is 12.0 Å². The van der Waals surface area contributed by atoms with Gasteiger partial charge in [0, 0.05) is 6.54 Å². The van der Waals surface area contributed by atoms with Crippen LogP contribution in [0.2, 0.25) is 0 Å². The highest BCUT2D eigenvalue weighted by Gasteiger charge is 2.35. The van der Waals surface area contributed by atoms with Crippen LogP contribution in [-0.2, 0) is 19.1 Å². The Labute approximate surface area is 116 Å². The number of amides is 2. The summed E-state index contributed by atoms with van der Waals surface area (Å²) in [7, 11) is 1.26. The second kappa shape index (κ2) is 7.03. The van der Waals surface area contributed by atoms with Crippen LogP contribution in [0, 0.1) is 0 Å². The average Bonchev–Trinajstić information content (AvgIpc) is 2.42.